The van der Waals surface area contributed by atoms with Crippen LogP contribution >= 0.6 is 43.2 Å². The van der Waals surface area contributed by atoms with Gasteiger partial charge in [0, 0.05) is 0 Å². The molecule has 6 nitrogen and oxygen atoms in total. The van der Waals surface area contributed by atoms with E-state index in [1.807, 2.05) is 0 Å². The molecule has 0 atom stereocenters. The molecule has 0 radical (unpaired) electrons. The maximum absolute atomic E-state index is 12.3. The average Bonchev–Trinajstić information content (AvgIpc) is 2.72. The molecule has 2 N–H and O–H groups in total. The highest BCUT2D eigenvalue weighted by molar-refractivity contribution is 9.13. The Morgan fingerprint density at radius 1 is 1.38 bits per heavy atom. The number of amides is 1. The van der Waals surface area contributed by atoms with Gasteiger partial charge in [-0.3, -0.25) is 4.79 Å². The van der Waals surface area contributed by atoms with Gasteiger partial charge in [0.05, 0.1) is 27.5 Å². The quantitative estimate of drug-likeness (QED) is 0.657. The van der Waals surface area contributed by atoms with Crippen LogP contribution in [0.1, 0.15) is 23.5 Å². The largest absolute Gasteiger partial charge is 0.479 e. The van der Waals surface area contributed by atoms with Crippen molar-refractivity contribution in [3.8, 4) is 5.75 Å². The van der Waals surface area contributed by atoms with Gasteiger partial charge in [-0.15, -0.1) is 11.3 Å². The van der Waals surface area contributed by atoms with E-state index in [1.54, 1.807) is 13.8 Å². The molecule has 0 saturated heterocycles. The molecular weight excluding hydrogens is 430 g/mol. The summed E-state index contributed by atoms with van der Waals surface area (Å²) in [5, 5.41) is 11.9. The summed E-state index contributed by atoms with van der Waals surface area (Å²) >= 11 is 7.76. The van der Waals surface area contributed by atoms with E-state index >= 15 is 0 Å². The number of thiophene rings is 1. The Labute approximate surface area is 143 Å². The lowest BCUT2D eigenvalue weighted by molar-refractivity contribution is -0.142. The van der Waals surface area contributed by atoms with Crippen LogP contribution in [-0.4, -0.2) is 42.8 Å². The first-order chi connectivity index (χ1) is 9.71. The van der Waals surface area contributed by atoms with Gasteiger partial charge in [-0.25, -0.2) is 4.79 Å². The Morgan fingerprint density at radius 2 is 2.00 bits per heavy atom. The molecule has 1 rings (SSSR count). The first-order valence-corrected chi connectivity index (χ1v) is 8.23. The maximum Gasteiger partial charge on any atom is 0.343 e. The predicted octanol–water partition coefficient (Wildman–Crippen LogP) is 2.33. The Kier molecular flexibility index (Phi) is 6.64. The lowest BCUT2D eigenvalue weighted by Crippen LogP contribution is -2.46. The molecule has 0 aliphatic heterocycles. The van der Waals surface area contributed by atoms with Crippen molar-refractivity contribution in [2.24, 2.45) is 0 Å². The van der Waals surface area contributed by atoms with Crippen molar-refractivity contribution in [3.63, 3.8) is 0 Å². The van der Waals surface area contributed by atoms with Gasteiger partial charge in [-0.1, -0.05) is 0 Å². The Balaban J connectivity index is 2.99. The summed E-state index contributed by atoms with van der Waals surface area (Å²) in [6, 6.07) is 0. The fraction of sp³-hybridized carbons (Fsp3) is 0.500. The molecule has 118 valence electrons. The summed E-state index contributed by atoms with van der Waals surface area (Å²) in [6.07, 6.45) is 0. The molecule has 0 spiro atoms. The molecule has 0 saturated carbocycles. The van der Waals surface area contributed by atoms with Gasteiger partial charge in [0.25, 0.3) is 5.91 Å². The summed E-state index contributed by atoms with van der Waals surface area (Å²) in [5.41, 5.74) is -0.764. The molecule has 0 aromatic carbocycles. The van der Waals surface area contributed by atoms with Crippen LogP contribution in [0, 0.1) is 0 Å². The van der Waals surface area contributed by atoms with Gasteiger partial charge in [0.1, 0.15) is 4.88 Å². The van der Waals surface area contributed by atoms with Crippen LogP contribution in [0.2, 0.25) is 0 Å². The van der Waals surface area contributed by atoms with Crippen LogP contribution in [0.25, 0.3) is 0 Å². The molecule has 1 amide bonds. The summed E-state index contributed by atoms with van der Waals surface area (Å²) in [6.45, 7) is 2.88. The lowest BCUT2D eigenvalue weighted by Gasteiger charge is -2.23. The van der Waals surface area contributed by atoms with Crippen molar-refractivity contribution in [1.29, 1.82) is 0 Å². The van der Waals surface area contributed by atoms with E-state index in [0.29, 0.717) is 13.1 Å². The van der Waals surface area contributed by atoms with Crippen LogP contribution in [0.3, 0.4) is 0 Å². The normalized spacial score (nSPS) is 11.1. The Morgan fingerprint density at radius 3 is 2.52 bits per heavy atom. The number of hydrogen-bond acceptors (Lipinski definition) is 6. The Bertz CT molecular complexity index is 544. The maximum atomic E-state index is 12.3. The monoisotopic (exact) mass is 443 g/mol. The zero-order chi connectivity index (χ0) is 16.2. The van der Waals surface area contributed by atoms with Crippen molar-refractivity contribution < 1.29 is 24.2 Å². The number of aliphatic hydroxyl groups excluding tert-OH is 1. The lowest BCUT2D eigenvalue weighted by atomic mass is 10.1. The fourth-order valence-electron chi connectivity index (χ4n) is 1.24. The van der Waals surface area contributed by atoms with Crippen molar-refractivity contribution in [2.45, 2.75) is 19.4 Å². The highest BCUT2D eigenvalue weighted by Crippen LogP contribution is 2.43. The van der Waals surface area contributed by atoms with E-state index in [9.17, 15) is 14.7 Å². The smallest absolute Gasteiger partial charge is 0.343 e. The van der Waals surface area contributed by atoms with E-state index in [-0.39, 0.29) is 19.0 Å². The predicted molar refractivity (Wildman–Crippen MR) is 85.9 cm³/mol. The number of esters is 1. The van der Waals surface area contributed by atoms with Crippen molar-refractivity contribution in [3.05, 3.63) is 13.1 Å². The molecule has 21 heavy (non-hydrogen) atoms. The van der Waals surface area contributed by atoms with Crippen LogP contribution in [-0.2, 0) is 9.53 Å². The second kappa shape index (κ2) is 7.57. The number of ether oxygens (including phenoxy) is 2. The third-order valence-electron chi connectivity index (χ3n) is 2.39. The van der Waals surface area contributed by atoms with Gasteiger partial charge >= 0.3 is 5.97 Å². The highest BCUT2D eigenvalue weighted by atomic mass is 79.9. The van der Waals surface area contributed by atoms with Gasteiger partial charge in [-0.2, -0.15) is 0 Å². The van der Waals surface area contributed by atoms with E-state index in [2.05, 4.69) is 41.9 Å². The third kappa shape index (κ3) is 4.94. The average molecular weight is 445 g/mol. The first-order valence-electron chi connectivity index (χ1n) is 5.82. The molecule has 0 unspecified atom stereocenters. The van der Waals surface area contributed by atoms with Gasteiger partial charge in [0.2, 0.25) is 0 Å². The Hall–Kier alpha value is -0.640. The highest BCUT2D eigenvalue weighted by Gasteiger charge is 2.27. The van der Waals surface area contributed by atoms with E-state index in [1.165, 1.54) is 7.11 Å². The van der Waals surface area contributed by atoms with Crippen LogP contribution < -0.4 is 10.1 Å². The molecular formula is C12H15Br2NO5S. The number of methoxy groups -OCH3 is 1. The van der Waals surface area contributed by atoms with Crippen molar-refractivity contribution in [2.75, 3.05) is 20.3 Å². The number of aliphatic hydroxyl groups is 1. The number of carbonyl (C=O) groups excluding carboxylic acids is 2. The second-order valence-electron chi connectivity index (χ2n) is 4.71. The standard InChI is InChI=1S/C12H15Br2NO5S/c1-12(2,5-16)15-11(18)9-8(7(13)10(14)21-9)20-4-6(17)19-3/h16H,4-5H2,1-3H3,(H,15,18). The van der Waals surface area contributed by atoms with Crippen LogP contribution in [0.15, 0.2) is 8.26 Å². The van der Waals surface area contributed by atoms with Crippen molar-refractivity contribution >= 4 is 55.1 Å². The third-order valence-corrected chi connectivity index (χ3v) is 5.78. The zero-order valence-corrected chi connectivity index (χ0v) is 15.6. The molecule has 1 aromatic rings. The molecule has 1 aromatic heterocycles. The SMILES string of the molecule is COC(=O)COc1c(C(=O)NC(C)(C)CO)sc(Br)c1Br. The van der Waals surface area contributed by atoms with Crippen LogP contribution in [0.5, 0.6) is 5.75 Å². The molecule has 0 aliphatic carbocycles. The number of nitrogens with one attached hydrogen (secondary N) is 1. The molecule has 1 heterocycles. The summed E-state index contributed by atoms with van der Waals surface area (Å²) < 4.78 is 11.0. The van der Waals surface area contributed by atoms with E-state index in [4.69, 9.17) is 4.74 Å². The summed E-state index contributed by atoms with van der Waals surface area (Å²) in [4.78, 5) is 23.7. The number of halogens is 2. The first kappa shape index (κ1) is 18.4. The minimum Gasteiger partial charge on any atom is -0.479 e. The zero-order valence-electron chi connectivity index (χ0n) is 11.7. The molecule has 9 heteroatoms. The second-order valence-corrected chi connectivity index (χ2v) is 7.84. The van der Waals surface area contributed by atoms with E-state index < -0.39 is 17.4 Å². The van der Waals surface area contributed by atoms with Crippen molar-refractivity contribution in [1.82, 2.24) is 5.32 Å². The minimum absolute atomic E-state index is 0.204. The molecule has 0 bridgehead atoms. The molecule has 0 fully saturated rings. The van der Waals surface area contributed by atoms with Gasteiger partial charge in [0.15, 0.2) is 12.4 Å². The van der Waals surface area contributed by atoms with Crippen LogP contribution in [0.4, 0.5) is 0 Å². The van der Waals surface area contributed by atoms with Gasteiger partial charge in [-0.05, 0) is 45.7 Å². The number of carbonyl (C=O) groups is 2. The summed E-state index contributed by atoms with van der Waals surface area (Å²) in [7, 11) is 1.25. The summed E-state index contributed by atoms with van der Waals surface area (Å²) in [5.74, 6) is -0.694. The minimum atomic E-state index is -0.764. The fourth-order valence-corrected chi connectivity index (χ4v) is 3.35. The van der Waals surface area contributed by atoms with E-state index in [0.717, 1.165) is 11.3 Å². The molecule has 0 aliphatic rings. The topological polar surface area (TPSA) is 84.9 Å². The number of hydrogen-bond donors (Lipinski definition) is 2. The number of rotatable bonds is 6. The van der Waals surface area contributed by atoms with Gasteiger partial charge < -0.3 is 19.9 Å².